The largest absolute Gasteiger partial charge is 0.396 e. The van der Waals surface area contributed by atoms with Crippen molar-refractivity contribution in [3.05, 3.63) is 24.3 Å². The Morgan fingerprint density at radius 3 is 2.80 bits per heavy atom. The second-order valence-corrected chi connectivity index (χ2v) is 3.40. The lowest BCUT2D eigenvalue weighted by Crippen LogP contribution is -2.14. The highest BCUT2D eigenvalue weighted by atomic mass is 16.6. The molecule has 0 saturated heterocycles. The molecule has 0 aliphatic rings. The van der Waals surface area contributed by atoms with Gasteiger partial charge in [-0.05, 0) is 20.5 Å². The van der Waals surface area contributed by atoms with Crippen molar-refractivity contribution in [3.8, 4) is 0 Å². The maximum atomic E-state index is 5.08. The zero-order valence-corrected chi connectivity index (χ0v) is 9.13. The van der Waals surface area contributed by atoms with Gasteiger partial charge in [-0.15, -0.1) is 0 Å². The van der Waals surface area contributed by atoms with Crippen LogP contribution in [0.15, 0.2) is 23.9 Å². The van der Waals surface area contributed by atoms with Crippen LogP contribution in [0.4, 0.5) is 0 Å². The van der Waals surface area contributed by atoms with Gasteiger partial charge in [-0.1, -0.05) is 5.16 Å². The fourth-order valence-corrected chi connectivity index (χ4v) is 0.973. The molecule has 0 unspecified atom stereocenters. The fraction of sp³-hybridized carbons (Fsp3) is 0.500. The predicted octanol–water partition coefficient (Wildman–Crippen LogP) is 0.779. The molecule has 1 rings (SSSR count). The number of nitrogens with zero attached hydrogens (tertiary/aromatic N) is 4. The van der Waals surface area contributed by atoms with E-state index in [1.807, 2.05) is 14.1 Å². The molecule has 0 aromatic carbocycles. The van der Waals surface area contributed by atoms with E-state index < -0.39 is 0 Å². The Hall–Kier alpha value is -1.49. The molecule has 0 aliphatic carbocycles. The van der Waals surface area contributed by atoms with Gasteiger partial charge in [0.2, 0.25) is 0 Å². The highest BCUT2D eigenvalue weighted by Gasteiger charge is 1.90. The van der Waals surface area contributed by atoms with Crippen molar-refractivity contribution in [3.63, 3.8) is 0 Å². The topological polar surface area (TPSA) is 50.6 Å². The zero-order chi connectivity index (χ0) is 10.9. The van der Waals surface area contributed by atoms with Crippen molar-refractivity contribution in [2.45, 2.75) is 6.42 Å². The first-order chi connectivity index (χ1) is 7.29. The lowest BCUT2D eigenvalue weighted by atomic mass is 10.4. The Labute approximate surface area is 89.8 Å². The molecule has 0 radical (unpaired) electrons. The van der Waals surface area contributed by atoms with Crippen molar-refractivity contribution < 1.29 is 4.84 Å². The molecule has 0 fully saturated rings. The molecule has 0 amide bonds. The Bertz CT molecular complexity index is 287. The minimum atomic E-state index is 0.627. The molecule has 1 heterocycles. The van der Waals surface area contributed by atoms with Gasteiger partial charge in [0.25, 0.3) is 0 Å². The van der Waals surface area contributed by atoms with E-state index in [-0.39, 0.29) is 0 Å². The first-order valence-corrected chi connectivity index (χ1v) is 4.84. The number of oxime groups is 1. The van der Waals surface area contributed by atoms with Crippen LogP contribution in [0, 0.1) is 0 Å². The summed E-state index contributed by atoms with van der Waals surface area (Å²) in [5, 5.41) is 3.81. The van der Waals surface area contributed by atoms with E-state index >= 15 is 0 Å². The molecule has 0 N–H and O–H groups in total. The molecular weight excluding hydrogens is 192 g/mol. The summed E-state index contributed by atoms with van der Waals surface area (Å²) in [6.07, 6.45) is 7.42. The Kier molecular flexibility index (Phi) is 5.32. The maximum Gasteiger partial charge on any atom is 0.118 e. The molecule has 0 bridgehead atoms. The van der Waals surface area contributed by atoms with Crippen LogP contribution in [0.25, 0.3) is 0 Å². The van der Waals surface area contributed by atoms with Gasteiger partial charge in [0.15, 0.2) is 0 Å². The van der Waals surface area contributed by atoms with Gasteiger partial charge in [-0.25, -0.2) is 9.97 Å². The molecule has 5 heteroatoms. The number of hydrogen-bond donors (Lipinski definition) is 0. The van der Waals surface area contributed by atoms with Crippen LogP contribution in [-0.2, 0) is 4.84 Å². The minimum absolute atomic E-state index is 0.627. The second-order valence-electron chi connectivity index (χ2n) is 3.40. The van der Waals surface area contributed by atoms with Gasteiger partial charge < -0.3 is 9.74 Å². The van der Waals surface area contributed by atoms with E-state index in [9.17, 15) is 0 Å². The number of rotatable bonds is 6. The predicted molar refractivity (Wildman–Crippen MR) is 58.7 cm³/mol. The first kappa shape index (κ1) is 11.6. The van der Waals surface area contributed by atoms with Crippen LogP contribution in [0.3, 0.4) is 0 Å². The van der Waals surface area contributed by atoms with Crippen molar-refractivity contribution in [2.24, 2.45) is 5.16 Å². The van der Waals surface area contributed by atoms with E-state index in [0.717, 1.165) is 18.5 Å². The van der Waals surface area contributed by atoms with E-state index in [4.69, 9.17) is 4.84 Å². The Morgan fingerprint density at radius 2 is 2.13 bits per heavy atom. The van der Waals surface area contributed by atoms with Gasteiger partial charge in [0, 0.05) is 24.5 Å². The minimum Gasteiger partial charge on any atom is -0.396 e. The molecule has 1 aromatic rings. The van der Waals surface area contributed by atoms with E-state index in [1.165, 1.54) is 6.33 Å². The summed E-state index contributed by atoms with van der Waals surface area (Å²) >= 11 is 0. The van der Waals surface area contributed by atoms with Crippen molar-refractivity contribution in [1.29, 1.82) is 0 Å². The summed E-state index contributed by atoms with van der Waals surface area (Å²) in [5.41, 5.74) is 0.838. The van der Waals surface area contributed by atoms with Gasteiger partial charge >= 0.3 is 0 Å². The van der Waals surface area contributed by atoms with Crippen LogP contribution in [0.1, 0.15) is 12.0 Å². The summed E-state index contributed by atoms with van der Waals surface area (Å²) in [6.45, 7) is 1.63. The van der Waals surface area contributed by atoms with E-state index in [0.29, 0.717) is 6.61 Å². The van der Waals surface area contributed by atoms with Gasteiger partial charge in [0.1, 0.15) is 12.9 Å². The molecule has 15 heavy (non-hydrogen) atoms. The third-order valence-corrected chi connectivity index (χ3v) is 1.70. The molecule has 0 atom stereocenters. The van der Waals surface area contributed by atoms with Crippen LogP contribution in [0.5, 0.6) is 0 Å². The molecule has 82 valence electrons. The van der Waals surface area contributed by atoms with Gasteiger partial charge in [-0.2, -0.15) is 0 Å². The summed E-state index contributed by atoms with van der Waals surface area (Å²) in [7, 11) is 4.06. The van der Waals surface area contributed by atoms with Crippen molar-refractivity contribution in [1.82, 2.24) is 14.9 Å². The molecule has 0 saturated carbocycles. The monoisotopic (exact) mass is 208 g/mol. The smallest absolute Gasteiger partial charge is 0.118 e. The summed E-state index contributed by atoms with van der Waals surface area (Å²) in [5.74, 6) is 0. The van der Waals surface area contributed by atoms with E-state index in [2.05, 4.69) is 20.0 Å². The molecule has 1 aromatic heterocycles. The third-order valence-electron chi connectivity index (χ3n) is 1.70. The highest BCUT2D eigenvalue weighted by Crippen LogP contribution is 1.89. The normalized spacial score (nSPS) is 11.1. The average molecular weight is 208 g/mol. The molecule has 0 aliphatic heterocycles. The molecular formula is C10H16N4O. The SMILES string of the molecule is CN(C)CCCON=Cc1cncnc1. The van der Waals surface area contributed by atoms with Crippen LogP contribution >= 0.6 is 0 Å². The molecule has 5 nitrogen and oxygen atoms in total. The Balaban J connectivity index is 2.12. The summed E-state index contributed by atoms with van der Waals surface area (Å²) < 4.78 is 0. The van der Waals surface area contributed by atoms with Gasteiger partial charge in [-0.3, -0.25) is 0 Å². The summed E-state index contributed by atoms with van der Waals surface area (Å²) in [6, 6.07) is 0. The van der Waals surface area contributed by atoms with Crippen molar-refractivity contribution >= 4 is 6.21 Å². The second kappa shape index (κ2) is 6.89. The van der Waals surface area contributed by atoms with E-state index in [1.54, 1.807) is 18.6 Å². The van der Waals surface area contributed by atoms with Crippen molar-refractivity contribution in [2.75, 3.05) is 27.2 Å². The van der Waals surface area contributed by atoms with Gasteiger partial charge in [0.05, 0.1) is 6.21 Å². The van der Waals surface area contributed by atoms with Crippen LogP contribution < -0.4 is 0 Å². The van der Waals surface area contributed by atoms with Crippen LogP contribution in [-0.4, -0.2) is 48.3 Å². The lowest BCUT2D eigenvalue weighted by Gasteiger charge is -2.07. The lowest BCUT2D eigenvalue weighted by molar-refractivity contribution is 0.136. The summed E-state index contributed by atoms with van der Waals surface area (Å²) in [4.78, 5) is 14.9. The Morgan fingerprint density at radius 1 is 1.40 bits per heavy atom. The average Bonchev–Trinajstić information content (AvgIpc) is 2.24. The number of hydrogen-bond acceptors (Lipinski definition) is 5. The highest BCUT2D eigenvalue weighted by molar-refractivity contribution is 5.77. The zero-order valence-electron chi connectivity index (χ0n) is 9.13. The number of aromatic nitrogens is 2. The standard InChI is InChI=1S/C10H16N4O/c1-14(2)4-3-5-15-13-8-10-6-11-9-12-7-10/h6-9H,3-5H2,1-2H3. The third kappa shape index (κ3) is 5.74. The molecule has 0 spiro atoms. The fourth-order valence-electron chi connectivity index (χ4n) is 0.973. The first-order valence-electron chi connectivity index (χ1n) is 4.84. The maximum absolute atomic E-state index is 5.08. The van der Waals surface area contributed by atoms with Crippen LogP contribution in [0.2, 0.25) is 0 Å². The quantitative estimate of drug-likeness (QED) is 0.394.